The summed E-state index contributed by atoms with van der Waals surface area (Å²) in [5.74, 6) is -0.00141. The predicted molar refractivity (Wildman–Crippen MR) is 85.7 cm³/mol. The van der Waals surface area contributed by atoms with Gasteiger partial charge >= 0.3 is 0 Å². The third-order valence-electron chi connectivity index (χ3n) is 3.34. The number of hydrogen-bond acceptors (Lipinski definition) is 3. The fourth-order valence-corrected chi connectivity index (χ4v) is 2.17. The zero-order chi connectivity index (χ0) is 15.4. The molecule has 0 saturated carbocycles. The molecule has 3 aromatic rings. The predicted octanol–water partition coefficient (Wildman–Crippen LogP) is 3.28. The highest BCUT2D eigenvalue weighted by molar-refractivity contribution is 5.90. The number of aromatic nitrogens is 3. The van der Waals surface area contributed by atoms with Gasteiger partial charge in [-0.3, -0.25) is 4.79 Å². The van der Waals surface area contributed by atoms with Crippen molar-refractivity contribution >= 4 is 11.6 Å². The summed E-state index contributed by atoms with van der Waals surface area (Å²) in [6.07, 6.45) is 2.20. The van der Waals surface area contributed by atoms with Gasteiger partial charge in [0.2, 0.25) is 5.91 Å². The van der Waals surface area contributed by atoms with E-state index in [0.29, 0.717) is 6.42 Å². The summed E-state index contributed by atoms with van der Waals surface area (Å²) in [6, 6.07) is 17.5. The molecule has 0 fully saturated rings. The van der Waals surface area contributed by atoms with Crippen LogP contribution in [0.4, 0.5) is 5.69 Å². The molecule has 3 rings (SSSR count). The molecule has 1 aromatic heterocycles. The van der Waals surface area contributed by atoms with Crippen LogP contribution in [0.15, 0.2) is 60.8 Å². The lowest BCUT2D eigenvalue weighted by Gasteiger charge is -2.08. The summed E-state index contributed by atoms with van der Waals surface area (Å²) in [5.41, 5.74) is 3.64. The van der Waals surface area contributed by atoms with Crippen LogP contribution >= 0.6 is 0 Å². The number of anilines is 1. The summed E-state index contributed by atoms with van der Waals surface area (Å²) >= 11 is 0. The van der Waals surface area contributed by atoms with Crippen molar-refractivity contribution in [2.24, 2.45) is 0 Å². The van der Waals surface area contributed by atoms with Crippen LogP contribution in [-0.2, 0) is 4.79 Å². The maximum atomic E-state index is 11.4. The van der Waals surface area contributed by atoms with Gasteiger partial charge in [0, 0.05) is 17.7 Å². The molecule has 1 N–H and O–H groups in total. The van der Waals surface area contributed by atoms with Crippen LogP contribution < -0.4 is 5.32 Å². The molecule has 0 aliphatic heterocycles. The number of nitrogens with one attached hydrogen (secondary N) is 1. The quantitative estimate of drug-likeness (QED) is 0.802. The lowest BCUT2D eigenvalue weighted by atomic mass is 10.1. The van der Waals surface area contributed by atoms with Gasteiger partial charge in [0.25, 0.3) is 0 Å². The molecule has 1 heterocycles. The standard InChI is InChI=1S/C17H16N4O/c1-2-17(22)19-14-8-10-15(11-9-14)21-16(12-18-20-21)13-6-4-3-5-7-13/h3-12H,2H2,1H3,(H,19,22). The fourth-order valence-electron chi connectivity index (χ4n) is 2.17. The van der Waals surface area contributed by atoms with E-state index in [0.717, 1.165) is 22.6 Å². The summed E-state index contributed by atoms with van der Waals surface area (Å²) in [4.78, 5) is 11.4. The van der Waals surface area contributed by atoms with E-state index in [1.165, 1.54) is 0 Å². The second-order valence-electron chi connectivity index (χ2n) is 4.85. The van der Waals surface area contributed by atoms with Gasteiger partial charge in [-0.2, -0.15) is 0 Å². The highest BCUT2D eigenvalue weighted by Crippen LogP contribution is 2.22. The number of benzene rings is 2. The maximum Gasteiger partial charge on any atom is 0.224 e. The van der Waals surface area contributed by atoms with Crippen LogP contribution in [0, 0.1) is 0 Å². The lowest BCUT2D eigenvalue weighted by Crippen LogP contribution is -2.09. The average Bonchev–Trinajstić information content (AvgIpc) is 3.06. The summed E-state index contributed by atoms with van der Waals surface area (Å²) in [7, 11) is 0. The normalized spacial score (nSPS) is 10.4. The van der Waals surface area contributed by atoms with Crippen LogP contribution in [0.1, 0.15) is 13.3 Å². The van der Waals surface area contributed by atoms with Gasteiger partial charge in [0.05, 0.1) is 17.6 Å². The van der Waals surface area contributed by atoms with Crippen LogP contribution in [0.5, 0.6) is 0 Å². The smallest absolute Gasteiger partial charge is 0.224 e. The fraction of sp³-hybridized carbons (Fsp3) is 0.118. The summed E-state index contributed by atoms with van der Waals surface area (Å²) in [6.45, 7) is 1.82. The SMILES string of the molecule is CCC(=O)Nc1ccc(-n2nncc2-c2ccccc2)cc1. The maximum absolute atomic E-state index is 11.4. The van der Waals surface area contributed by atoms with E-state index in [1.807, 2.05) is 61.5 Å². The minimum Gasteiger partial charge on any atom is -0.326 e. The number of nitrogens with zero attached hydrogens (tertiary/aromatic N) is 3. The second-order valence-corrected chi connectivity index (χ2v) is 4.85. The van der Waals surface area contributed by atoms with Crippen molar-refractivity contribution < 1.29 is 4.79 Å². The molecule has 0 aliphatic rings. The van der Waals surface area contributed by atoms with Crippen LogP contribution in [0.2, 0.25) is 0 Å². The molecule has 0 unspecified atom stereocenters. The highest BCUT2D eigenvalue weighted by Gasteiger charge is 2.08. The lowest BCUT2D eigenvalue weighted by molar-refractivity contribution is -0.115. The van der Waals surface area contributed by atoms with Gasteiger partial charge in [-0.05, 0) is 24.3 Å². The van der Waals surface area contributed by atoms with Crippen LogP contribution in [-0.4, -0.2) is 20.9 Å². The Labute approximate surface area is 128 Å². The van der Waals surface area contributed by atoms with Crippen molar-refractivity contribution in [3.8, 4) is 16.9 Å². The Kier molecular flexibility index (Phi) is 3.96. The van der Waals surface area contributed by atoms with Gasteiger partial charge in [-0.1, -0.05) is 42.5 Å². The molecule has 0 radical (unpaired) electrons. The van der Waals surface area contributed by atoms with Crippen molar-refractivity contribution in [3.05, 3.63) is 60.8 Å². The van der Waals surface area contributed by atoms with Crippen LogP contribution in [0.3, 0.4) is 0 Å². The number of hydrogen-bond donors (Lipinski definition) is 1. The highest BCUT2D eigenvalue weighted by atomic mass is 16.1. The molecule has 0 bridgehead atoms. The Morgan fingerprint density at radius 2 is 1.82 bits per heavy atom. The zero-order valence-electron chi connectivity index (χ0n) is 12.2. The number of amides is 1. The summed E-state index contributed by atoms with van der Waals surface area (Å²) < 4.78 is 1.78. The Morgan fingerprint density at radius 1 is 1.09 bits per heavy atom. The number of carbonyl (C=O) groups excluding carboxylic acids is 1. The van der Waals surface area contributed by atoms with Gasteiger partial charge in [0.1, 0.15) is 0 Å². The number of carbonyl (C=O) groups is 1. The van der Waals surface area contributed by atoms with Crippen LogP contribution in [0.25, 0.3) is 16.9 Å². The van der Waals surface area contributed by atoms with E-state index in [4.69, 9.17) is 0 Å². The second kappa shape index (κ2) is 6.22. The Bertz CT molecular complexity index is 763. The van der Waals surface area contributed by atoms with Gasteiger partial charge < -0.3 is 5.32 Å². The first kappa shape index (κ1) is 14.0. The van der Waals surface area contributed by atoms with Crippen molar-refractivity contribution in [3.63, 3.8) is 0 Å². The van der Waals surface area contributed by atoms with E-state index in [9.17, 15) is 4.79 Å². The van der Waals surface area contributed by atoms with Gasteiger partial charge in [0.15, 0.2) is 0 Å². The van der Waals surface area contributed by atoms with Crippen molar-refractivity contribution in [1.29, 1.82) is 0 Å². The molecule has 5 nitrogen and oxygen atoms in total. The first-order valence-corrected chi connectivity index (χ1v) is 7.14. The minimum atomic E-state index is -0.00141. The molecule has 0 atom stereocenters. The Hall–Kier alpha value is -2.95. The van der Waals surface area contributed by atoms with Crippen molar-refractivity contribution in [2.75, 3.05) is 5.32 Å². The monoisotopic (exact) mass is 292 g/mol. The first-order chi connectivity index (χ1) is 10.8. The van der Waals surface area contributed by atoms with Gasteiger partial charge in [-0.15, -0.1) is 5.10 Å². The average molecular weight is 292 g/mol. The molecule has 0 spiro atoms. The molecule has 2 aromatic carbocycles. The third kappa shape index (κ3) is 2.88. The molecular weight excluding hydrogens is 276 g/mol. The minimum absolute atomic E-state index is 0.00141. The Balaban J connectivity index is 1.90. The zero-order valence-corrected chi connectivity index (χ0v) is 12.2. The largest absolute Gasteiger partial charge is 0.326 e. The van der Waals surface area contributed by atoms with Crippen molar-refractivity contribution in [1.82, 2.24) is 15.0 Å². The van der Waals surface area contributed by atoms with E-state index < -0.39 is 0 Å². The molecule has 0 saturated heterocycles. The van der Waals surface area contributed by atoms with E-state index in [-0.39, 0.29) is 5.91 Å². The van der Waals surface area contributed by atoms with Gasteiger partial charge in [-0.25, -0.2) is 4.68 Å². The Morgan fingerprint density at radius 3 is 2.50 bits per heavy atom. The molecule has 110 valence electrons. The molecule has 1 amide bonds. The molecule has 22 heavy (non-hydrogen) atoms. The third-order valence-corrected chi connectivity index (χ3v) is 3.34. The summed E-state index contributed by atoms with van der Waals surface area (Å²) in [5, 5.41) is 11.0. The molecule has 5 heteroatoms. The van der Waals surface area contributed by atoms with E-state index >= 15 is 0 Å². The van der Waals surface area contributed by atoms with Crippen molar-refractivity contribution in [2.45, 2.75) is 13.3 Å². The molecule has 0 aliphatic carbocycles. The molecular formula is C17H16N4O. The van der Waals surface area contributed by atoms with E-state index in [1.54, 1.807) is 10.9 Å². The number of rotatable bonds is 4. The first-order valence-electron chi connectivity index (χ1n) is 7.14. The topological polar surface area (TPSA) is 59.8 Å². The van der Waals surface area contributed by atoms with E-state index in [2.05, 4.69) is 15.6 Å².